The number of para-hydroxylation sites is 1. The molecule has 0 radical (unpaired) electrons. The lowest BCUT2D eigenvalue weighted by Crippen LogP contribution is -2.20. The molecule has 2 amide bonds. The van der Waals surface area contributed by atoms with Crippen molar-refractivity contribution in [3.05, 3.63) is 76.6 Å². The highest BCUT2D eigenvalue weighted by Crippen LogP contribution is 2.19. The first kappa shape index (κ1) is 16.4. The van der Waals surface area contributed by atoms with Gasteiger partial charge >= 0.3 is 6.03 Å². The van der Waals surface area contributed by atoms with E-state index in [4.69, 9.17) is 0 Å². The van der Waals surface area contributed by atoms with Gasteiger partial charge in [0.25, 0.3) is 5.56 Å². The largest absolute Gasteiger partial charge is 0.323 e. The number of aryl methyl sites for hydroxylation is 2. The average Bonchev–Trinajstić information content (AvgIpc) is 2.60. The fourth-order valence-corrected chi connectivity index (χ4v) is 2.38. The molecule has 0 saturated carbocycles. The summed E-state index contributed by atoms with van der Waals surface area (Å²) >= 11 is 0. The Hall–Kier alpha value is -3.41. The predicted molar refractivity (Wildman–Crippen MR) is 98.7 cm³/mol. The normalized spacial score (nSPS) is 10.3. The molecule has 0 fully saturated rings. The van der Waals surface area contributed by atoms with E-state index in [1.54, 1.807) is 25.2 Å². The second kappa shape index (κ2) is 7.00. The monoisotopic (exact) mass is 334 g/mol. The molecule has 1 heterocycles. The molecule has 6 nitrogen and oxygen atoms in total. The van der Waals surface area contributed by atoms with E-state index in [1.165, 1.54) is 10.7 Å². The Morgan fingerprint density at radius 3 is 2.36 bits per heavy atom. The third-order valence-electron chi connectivity index (χ3n) is 3.79. The Bertz CT molecular complexity index is 962. The van der Waals surface area contributed by atoms with Gasteiger partial charge in [-0.15, -0.1) is 0 Å². The molecule has 0 spiro atoms. The van der Waals surface area contributed by atoms with Gasteiger partial charge in [-0.05, 0) is 36.8 Å². The molecule has 6 heteroatoms. The second-order valence-electron chi connectivity index (χ2n) is 5.65. The summed E-state index contributed by atoms with van der Waals surface area (Å²) in [5.74, 6) is 0. The highest BCUT2D eigenvalue weighted by atomic mass is 16.2. The molecule has 0 atom stereocenters. The van der Waals surface area contributed by atoms with Crippen LogP contribution >= 0.6 is 0 Å². The molecule has 0 aliphatic carbocycles. The molecule has 3 rings (SSSR count). The summed E-state index contributed by atoms with van der Waals surface area (Å²) in [6.07, 6.45) is 0. The van der Waals surface area contributed by atoms with Gasteiger partial charge in [0.15, 0.2) is 0 Å². The van der Waals surface area contributed by atoms with Gasteiger partial charge in [0, 0.05) is 30.1 Å². The number of rotatable bonds is 3. The van der Waals surface area contributed by atoms with Crippen molar-refractivity contribution in [1.82, 2.24) is 9.78 Å². The van der Waals surface area contributed by atoms with Crippen LogP contribution in [0.1, 0.15) is 5.56 Å². The van der Waals surface area contributed by atoms with Crippen molar-refractivity contribution in [2.45, 2.75) is 6.92 Å². The lowest BCUT2D eigenvalue weighted by molar-refractivity contribution is 0.262. The summed E-state index contributed by atoms with van der Waals surface area (Å²) in [4.78, 5) is 23.5. The maximum absolute atomic E-state index is 12.1. The smallest absolute Gasteiger partial charge is 0.308 e. The maximum Gasteiger partial charge on any atom is 0.323 e. The van der Waals surface area contributed by atoms with E-state index < -0.39 is 0 Å². The van der Waals surface area contributed by atoms with Gasteiger partial charge in [-0.25, -0.2) is 9.48 Å². The average molecular weight is 334 g/mol. The first-order chi connectivity index (χ1) is 12.0. The molecule has 1 aromatic heterocycles. The third-order valence-corrected chi connectivity index (χ3v) is 3.79. The van der Waals surface area contributed by atoms with Gasteiger partial charge in [0.1, 0.15) is 0 Å². The number of carbonyl (C=O) groups is 1. The Balaban J connectivity index is 1.70. The molecule has 0 saturated heterocycles. The summed E-state index contributed by atoms with van der Waals surface area (Å²) in [5, 5.41) is 9.81. The standard InChI is InChI=1S/C19H18N4O2/c1-13-5-3-4-6-16(13)21-19(25)20-15-9-7-14(8-10-15)17-11-12-18(24)23(2)22-17/h3-12H,1-2H3,(H2,20,21,25). The zero-order valence-electron chi connectivity index (χ0n) is 14.0. The van der Waals surface area contributed by atoms with E-state index in [9.17, 15) is 9.59 Å². The highest BCUT2D eigenvalue weighted by Gasteiger charge is 2.06. The van der Waals surface area contributed by atoms with Crippen molar-refractivity contribution in [3.8, 4) is 11.3 Å². The van der Waals surface area contributed by atoms with Gasteiger partial charge in [-0.3, -0.25) is 4.79 Å². The van der Waals surface area contributed by atoms with Crippen LogP contribution in [0.4, 0.5) is 16.2 Å². The van der Waals surface area contributed by atoms with Crippen LogP contribution < -0.4 is 16.2 Å². The van der Waals surface area contributed by atoms with Crippen LogP contribution in [0, 0.1) is 6.92 Å². The van der Waals surface area contributed by atoms with E-state index in [1.807, 2.05) is 43.3 Å². The van der Waals surface area contributed by atoms with Crippen LogP contribution in [0.2, 0.25) is 0 Å². The zero-order valence-corrected chi connectivity index (χ0v) is 14.0. The first-order valence-electron chi connectivity index (χ1n) is 7.81. The molecule has 2 N–H and O–H groups in total. The molecule has 0 bridgehead atoms. The number of aromatic nitrogens is 2. The molecule has 25 heavy (non-hydrogen) atoms. The molecule has 0 aliphatic rings. The van der Waals surface area contributed by atoms with Crippen LogP contribution in [-0.2, 0) is 7.05 Å². The number of carbonyl (C=O) groups excluding carboxylic acids is 1. The molecular weight excluding hydrogens is 316 g/mol. The number of amides is 2. The van der Waals surface area contributed by atoms with Crippen molar-refractivity contribution in [2.75, 3.05) is 10.6 Å². The van der Waals surface area contributed by atoms with Gasteiger partial charge in [-0.1, -0.05) is 30.3 Å². The number of nitrogens with one attached hydrogen (secondary N) is 2. The molecule has 0 aliphatic heterocycles. The van der Waals surface area contributed by atoms with Crippen molar-refractivity contribution < 1.29 is 4.79 Å². The van der Waals surface area contributed by atoms with Gasteiger partial charge in [0.05, 0.1) is 5.69 Å². The van der Waals surface area contributed by atoms with E-state index in [-0.39, 0.29) is 11.6 Å². The predicted octanol–water partition coefficient (Wildman–Crippen LogP) is 3.40. The SMILES string of the molecule is Cc1ccccc1NC(=O)Nc1ccc(-c2ccc(=O)n(C)n2)cc1. The number of benzene rings is 2. The molecule has 2 aromatic carbocycles. The Morgan fingerprint density at radius 2 is 1.68 bits per heavy atom. The Labute approximate surface area is 145 Å². The molecule has 0 unspecified atom stereocenters. The summed E-state index contributed by atoms with van der Waals surface area (Å²) in [5.41, 5.74) is 3.83. The van der Waals surface area contributed by atoms with E-state index in [0.717, 1.165) is 16.8 Å². The summed E-state index contributed by atoms with van der Waals surface area (Å²) in [6.45, 7) is 1.94. The Kier molecular flexibility index (Phi) is 4.61. The minimum absolute atomic E-state index is 0.157. The lowest BCUT2D eigenvalue weighted by Gasteiger charge is -2.10. The lowest BCUT2D eigenvalue weighted by atomic mass is 10.1. The van der Waals surface area contributed by atoms with Crippen molar-refractivity contribution in [1.29, 1.82) is 0 Å². The van der Waals surface area contributed by atoms with Crippen LogP contribution in [0.15, 0.2) is 65.5 Å². The van der Waals surface area contributed by atoms with Crippen LogP contribution in [0.5, 0.6) is 0 Å². The maximum atomic E-state index is 12.1. The number of hydrogen-bond donors (Lipinski definition) is 2. The Morgan fingerprint density at radius 1 is 0.960 bits per heavy atom. The highest BCUT2D eigenvalue weighted by molar-refractivity contribution is 6.00. The molecule has 126 valence electrons. The minimum atomic E-state index is -0.303. The molecular formula is C19H18N4O2. The third kappa shape index (κ3) is 3.92. The topological polar surface area (TPSA) is 76.0 Å². The van der Waals surface area contributed by atoms with Crippen LogP contribution in [0.25, 0.3) is 11.3 Å². The fraction of sp³-hybridized carbons (Fsp3) is 0.105. The van der Waals surface area contributed by atoms with Crippen molar-refractivity contribution in [2.24, 2.45) is 7.05 Å². The van der Waals surface area contributed by atoms with Gasteiger partial charge in [0.2, 0.25) is 0 Å². The number of anilines is 2. The number of hydrogen-bond acceptors (Lipinski definition) is 3. The summed E-state index contributed by atoms with van der Waals surface area (Å²) in [6, 6.07) is 17.7. The van der Waals surface area contributed by atoms with Crippen LogP contribution in [-0.4, -0.2) is 15.8 Å². The van der Waals surface area contributed by atoms with E-state index in [2.05, 4.69) is 15.7 Å². The second-order valence-corrected chi connectivity index (χ2v) is 5.65. The van der Waals surface area contributed by atoms with Crippen LogP contribution in [0.3, 0.4) is 0 Å². The first-order valence-corrected chi connectivity index (χ1v) is 7.81. The van der Waals surface area contributed by atoms with Crippen molar-refractivity contribution in [3.63, 3.8) is 0 Å². The van der Waals surface area contributed by atoms with Crippen molar-refractivity contribution >= 4 is 17.4 Å². The van der Waals surface area contributed by atoms with E-state index in [0.29, 0.717) is 11.4 Å². The number of urea groups is 1. The zero-order chi connectivity index (χ0) is 17.8. The van der Waals surface area contributed by atoms with Gasteiger partial charge in [-0.2, -0.15) is 5.10 Å². The summed E-state index contributed by atoms with van der Waals surface area (Å²) in [7, 11) is 1.61. The fourth-order valence-electron chi connectivity index (χ4n) is 2.38. The summed E-state index contributed by atoms with van der Waals surface area (Å²) < 4.78 is 1.29. The minimum Gasteiger partial charge on any atom is -0.308 e. The van der Waals surface area contributed by atoms with Gasteiger partial charge < -0.3 is 10.6 Å². The van der Waals surface area contributed by atoms with E-state index >= 15 is 0 Å². The molecule has 3 aromatic rings. The number of nitrogens with zero attached hydrogens (tertiary/aromatic N) is 2. The quantitative estimate of drug-likeness (QED) is 0.771.